The Morgan fingerprint density at radius 1 is 0.964 bits per heavy atom. The van der Waals surface area contributed by atoms with E-state index in [4.69, 9.17) is 5.10 Å². The topological polar surface area (TPSA) is 38.1 Å². The molecule has 0 unspecified atom stereocenters. The van der Waals surface area contributed by atoms with Gasteiger partial charge < -0.3 is 4.90 Å². The number of anilines is 1. The molecule has 1 aliphatic heterocycles. The maximum atomic E-state index is 12.9. The molecular weight excluding hydrogens is 366 g/mol. The molecule has 0 spiro atoms. The number of thiophene rings is 1. The molecule has 0 N–H and O–H groups in total. The highest BCUT2D eigenvalue weighted by Gasteiger charge is 2.29. The Kier molecular flexibility index (Phi) is 3.95. The summed E-state index contributed by atoms with van der Waals surface area (Å²) in [6.45, 7) is 0. The quantitative estimate of drug-likeness (QED) is 0.461. The number of carbonyl (C=O) groups excluding carboxylic acids is 1. The van der Waals surface area contributed by atoms with Crippen LogP contribution in [0.25, 0.3) is 27.9 Å². The van der Waals surface area contributed by atoms with Gasteiger partial charge in [0.1, 0.15) is 5.69 Å². The number of hydrogen-bond acceptors (Lipinski definition) is 3. The maximum absolute atomic E-state index is 12.9. The molecule has 0 aliphatic carbocycles. The van der Waals surface area contributed by atoms with Crippen LogP contribution >= 0.6 is 11.3 Å². The number of amides is 1. The summed E-state index contributed by atoms with van der Waals surface area (Å²) in [6.07, 6.45) is 3.96. The van der Waals surface area contributed by atoms with E-state index >= 15 is 0 Å². The van der Waals surface area contributed by atoms with Gasteiger partial charge in [0.2, 0.25) is 0 Å². The van der Waals surface area contributed by atoms with Gasteiger partial charge in [-0.2, -0.15) is 5.10 Å². The minimum Gasteiger partial charge on any atom is -0.311 e. The number of benzene rings is 2. The van der Waals surface area contributed by atoms with Crippen LogP contribution in [0.4, 0.5) is 5.69 Å². The van der Waals surface area contributed by atoms with Crippen molar-refractivity contribution in [1.82, 2.24) is 9.78 Å². The third-order valence-electron chi connectivity index (χ3n) is 4.91. The zero-order valence-corrected chi connectivity index (χ0v) is 16.1. The van der Waals surface area contributed by atoms with Gasteiger partial charge in [0.05, 0.1) is 16.3 Å². The van der Waals surface area contributed by atoms with Crippen molar-refractivity contribution in [2.45, 2.75) is 0 Å². The van der Waals surface area contributed by atoms with Crippen molar-refractivity contribution in [1.29, 1.82) is 0 Å². The summed E-state index contributed by atoms with van der Waals surface area (Å²) in [4.78, 5) is 15.7. The number of rotatable bonds is 3. The summed E-state index contributed by atoms with van der Waals surface area (Å²) in [5.74, 6) is 0.00536. The van der Waals surface area contributed by atoms with Crippen LogP contribution in [0.5, 0.6) is 0 Å². The molecule has 4 aromatic rings. The molecule has 1 amide bonds. The Morgan fingerprint density at radius 3 is 2.54 bits per heavy atom. The molecule has 5 heteroatoms. The molecule has 5 rings (SSSR count). The van der Waals surface area contributed by atoms with E-state index in [1.165, 1.54) is 0 Å². The molecule has 0 fully saturated rings. The summed E-state index contributed by atoms with van der Waals surface area (Å²) in [7, 11) is 1.82. The predicted octanol–water partition coefficient (Wildman–Crippen LogP) is 5.12. The molecule has 4 nitrogen and oxygen atoms in total. The standard InChI is InChI=1S/C23H17N3OS/c1-25-20-11-6-5-10-18(20)19(23(25)27)14-16-15-26(17-8-3-2-4-9-17)24-22(16)21-12-7-13-28-21/h2-15H,1H3. The van der Waals surface area contributed by atoms with E-state index in [0.29, 0.717) is 5.57 Å². The van der Waals surface area contributed by atoms with Gasteiger partial charge in [-0.3, -0.25) is 4.79 Å². The third-order valence-corrected chi connectivity index (χ3v) is 5.78. The first-order chi connectivity index (χ1) is 13.7. The van der Waals surface area contributed by atoms with Gasteiger partial charge in [0, 0.05) is 29.9 Å². The van der Waals surface area contributed by atoms with Gasteiger partial charge in [0.25, 0.3) is 5.91 Å². The minimum atomic E-state index is 0.00536. The second kappa shape index (κ2) is 6.62. The van der Waals surface area contributed by atoms with Crippen molar-refractivity contribution < 1.29 is 4.79 Å². The zero-order chi connectivity index (χ0) is 19.1. The van der Waals surface area contributed by atoms with Crippen LogP contribution < -0.4 is 4.90 Å². The van der Waals surface area contributed by atoms with E-state index in [0.717, 1.165) is 33.1 Å². The van der Waals surface area contributed by atoms with Crippen LogP contribution in [0.3, 0.4) is 0 Å². The van der Waals surface area contributed by atoms with E-state index in [1.54, 1.807) is 16.2 Å². The summed E-state index contributed by atoms with van der Waals surface area (Å²) in [5, 5.41) is 6.86. The zero-order valence-electron chi connectivity index (χ0n) is 15.2. The van der Waals surface area contributed by atoms with Gasteiger partial charge in [0.15, 0.2) is 0 Å². The lowest BCUT2D eigenvalue weighted by Gasteiger charge is -2.07. The average Bonchev–Trinajstić information content (AvgIpc) is 3.45. The number of nitrogens with zero attached hydrogens (tertiary/aromatic N) is 3. The number of hydrogen-bond donors (Lipinski definition) is 0. The SMILES string of the molecule is CN1C(=O)C(=Cc2cn(-c3ccccc3)nc2-c2cccs2)c2ccccc21. The molecule has 0 radical (unpaired) electrons. The molecule has 0 saturated heterocycles. The minimum absolute atomic E-state index is 0.00536. The first-order valence-electron chi connectivity index (χ1n) is 9.00. The van der Waals surface area contributed by atoms with Crippen molar-refractivity contribution in [3.05, 3.63) is 89.4 Å². The molecule has 2 aromatic carbocycles. The Balaban J connectivity index is 1.69. The lowest BCUT2D eigenvalue weighted by molar-refractivity contribution is -0.112. The van der Waals surface area contributed by atoms with Crippen molar-refractivity contribution in [3.8, 4) is 16.3 Å². The highest BCUT2D eigenvalue weighted by molar-refractivity contribution is 7.13. The van der Waals surface area contributed by atoms with Crippen LogP contribution in [0.15, 0.2) is 78.3 Å². The predicted molar refractivity (Wildman–Crippen MR) is 115 cm³/mol. The third kappa shape index (κ3) is 2.68. The lowest BCUT2D eigenvalue weighted by Crippen LogP contribution is -2.20. The largest absolute Gasteiger partial charge is 0.311 e. The summed E-state index contributed by atoms with van der Waals surface area (Å²) in [5.41, 5.74) is 5.39. The molecule has 136 valence electrons. The van der Waals surface area contributed by atoms with Gasteiger partial charge >= 0.3 is 0 Å². The van der Waals surface area contributed by atoms with Crippen molar-refractivity contribution in [2.24, 2.45) is 0 Å². The van der Waals surface area contributed by atoms with Crippen LogP contribution in [0.2, 0.25) is 0 Å². The first-order valence-corrected chi connectivity index (χ1v) is 9.88. The maximum Gasteiger partial charge on any atom is 0.258 e. The van der Waals surface area contributed by atoms with Crippen LogP contribution in [0.1, 0.15) is 11.1 Å². The second-order valence-electron chi connectivity index (χ2n) is 6.63. The summed E-state index contributed by atoms with van der Waals surface area (Å²) in [6, 6.07) is 22.0. The monoisotopic (exact) mass is 383 g/mol. The van der Waals surface area contributed by atoms with Gasteiger partial charge in [-0.1, -0.05) is 42.5 Å². The van der Waals surface area contributed by atoms with E-state index in [1.807, 2.05) is 90.0 Å². The number of para-hydroxylation sites is 2. The number of carbonyl (C=O) groups is 1. The Bertz CT molecular complexity index is 1190. The molecule has 1 aliphatic rings. The van der Waals surface area contributed by atoms with E-state index < -0.39 is 0 Å². The second-order valence-corrected chi connectivity index (χ2v) is 7.58. The van der Waals surface area contributed by atoms with Crippen molar-refractivity contribution >= 4 is 34.6 Å². The van der Waals surface area contributed by atoms with Crippen LogP contribution in [0, 0.1) is 0 Å². The lowest BCUT2D eigenvalue weighted by atomic mass is 10.0. The Labute approximate surface area is 167 Å². The number of fused-ring (bicyclic) bond motifs is 1. The van der Waals surface area contributed by atoms with Crippen molar-refractivity contribution in [2.75, 3.05) is 11.9 Å². The summed E-state index contributed by atoms with van der Waals surface area (Å²) >= 11 is 1.64. The highest BCUT2D eigenvalue weighted by Crippen LogP contribution is 2.38. The average molecular weight is 383 g/mol. The molecule has 3 heterocycles. The number of likely N-dealkylation sites (N-methyl/N-ethyl adjacent to an activating group) is 1. The molecule has 2 aromatic heterocycles. The fourth-order valence-corrected chi connectivity index (χ4v) is 4.24. The fourth-order valence-electron chi connectivity index (χ4n) is 3.50. The Hall–Kier alpha value is -3.44. The molecule has 0 bridgehead atoms. The Morgan fingerprint density at radius 2 is 1.75 bits per heavy atom. The van der Waals surface area contributed by atoms with Crippen LogP contribution in [-0.2, 0) is 4.79 Å². The molecule has 0 atom stereocenters. The van der Waals surface area contributed by atoms with Gasteiger partial charge in [-0.25, -0.2) is 4.68 Å². The normalized spacial score (nSPS) is 14.7. The highest BCUT2D eigenvalue weighted by atomic mass is 32.1. The van der Waals surface area contributed by atoms with E-state index in [2.05, 4.69) is 6.07 Å². The molecule has 28 heavy (non-hydrogen) atoms. The molecule has 0 saturated carbocycles. The smallest absolute Gasteiger partial charge is 0.258 e. The van der Waals surface area contributed by atoms with Crippen LogP contribution in [-0.4, -0.2) is 22.7 Å². The summed E-state index contributed by atoms with van der Waals surface area (Å²) < 4.78 is 1.87. The van der Waals surface area contributed by atoms with E-state index in [-0.39, 0.29) is 5.91 Å². The van der Waals surface area contributed by atoms with Gasteiger partial charge in [-0.05, 0) is 35.7 Å². The first kappa shape index (κ1) is 16.7. The fraction of sp³-hybridized carbons (Fsp3) is 0.0435. The van der Waals surface area contributed by atoms with E-state index in [9.17, 15) is 4.79 Å². The molecular formula is C23H17N3OS. The van der Waals surface area contributed by atoms with Gasteiger partial charge in [-0.15, -0.1) is 11.3 Å². The van der Waals surface area contributed by atoms with Crippen molar-refractivity contribution in [3.63, 3.8) is 0 Å². The number of aromatic nitrogens is 2.